The minimum atomic E-state index is -3.48. The molecule has 0 aliphatic carbocycles. The van der Waals surface area contributed by atoms with E-state index in [1.807, 2.05) is 29.2 Å². The number of aromatic nitrogens is 4. The summed E-state index contributed by atoms with van der Waals surface area (Å²) in [5.74, 6) is 1.04. The standard InChI is InChI=1S/C20H23N5O4S/c1-29-16-6-4-3-5-15(16)11-18(26)24-9-7-14(8-10-24)19-17(30(2,27)28)12-21-20-22-13-23-25(19)20/h3-6,12-14H,7-11H2,1-2H3. The number of likely N-dealkylation sites (tertiary alicyclic amines) is 1. The van der Waals surface area contributed by atoms with Crippen LogP contribution in [0.15, 0.2) is 41.7 Å². The summed E-state index contributed by atoms with van der Waals surface area (Å²) in [6, 6.07) is 7.49. The summed E-state index contributed by atoms with van der Waals surface area (Å²) in [5, 5.41) is 4.18. The molecule has 0 unspecified atom stereocenters. The summed E-state index contributed by atoms with van der Waals surface area (Å²) >= 11 is 0. The first-order valence-electron chi connectivity index (χ1n) is 9.67. The van der Waals surface area contributed by atoms with Crippen LogP contribution in [-0.4, -0.2) is 65.3 Å². The highest BCUT2D eigenvalue weighted by molar-refractivity contribution is 7.90. The molecule has 158 valence electrons. The summed E-state index contributed by atoms with van der Waals surface area (Å²) in [4.78, 5) is 23.0. The highest BCUT2D eigenvalue weighted by atomic mass is 32.2. The van der Waals surface area contributed by atoms with E-state index in [2.05, 4.69) is 15.1 Å². The summed E-state index contributed by atoms with van der Waals surface area (Å²) < 4.78 is 31.5. The molecular formula is C20H23N5O4S. The fourth-order valence-electron chi connectivity index (χ4n) is 3.97. The van der Waals surface area contributed by atoms with Gasteiger partial charge in [0.15, 0.2) is 9.84 Å². The predicted molar refractivity (Wildman–Crippen MR) is 109 cm³/mol. The number of sulfone groups is 1. The molecule has 10 heteroatoms. The maximum atomic E-state index is 12.8. The van der Waals surface area contributed by atoms with E-state index < -0.39 is 9.84 Å². The van der Waals surface area contributed by atoms with Crippen molar-refractivity contribution >= 4 is 21.5 Å². The quantitative estimate of drug-likeness (QED) is 0.605. The number of amides is 1. The fraction of sp³-hybridized carbons (Fsp3) is 0.400. The van der Waals surface area contributed by atoms with Gasteiger partial charge < -0.3 is 9.64 Å². The molecule has 0 bridgehead atoms. The molecule has 2 aromatic heterocycles. The summed E-state index contributed by atoms with van der Waals surface area (Å²) in [6.07, 6.45) is 5.43. The first-order chi connectivity index (χ1) is 14.4. The van der Waals surface area contributed by atoms with Gasteiger partial charge in [-0.25, -0.2) is 13.4 Å². The Kier molecular flexibility index (Phi) is 5.42. The first kappa shape index (κ1) is 20.3. The van der Waals surface area contributed by atoms with Crippen LogP contribution in [0, 0.1) is 0 Å². The number of hydrogen-bond donors (Lipinski definition) is 0. The smallest absolute Gasteiger partial charge is 0.252 e. The maximum Gasteiger partial charge on any atom is 0.252 e. The van der Waals surface area contributed by atoms with Gasteiger partial charge >= 0.3 is 0 Å². The van der Waals surface area contributed by atoms with E-state index >= 15 is 0 Å². The van der Waals surface area contributed by atoms with Gasteiger partial charge in [-0.1, -0.05) is 18.2 Å². The molecule has 9 nitrogen and oxygen atoms in total. The van der Waals surface area contributed by atoms with Gasteiger partial charge in [-0.3, -0.25) is 4.79 Å². The monoisotopic (exact) mass is 429 g/mol. The molecule has 0 saturated carbocycles. The average Bonchev–Trinajstić information content (AvgIpc) is 3.22. The Balaban J connectivity index is 1.53. The number of benzene rings is 1. The molecule has 1 saturated heterocycles. The third-order valence-corrected chi connectivity index (χ3v) is 6.59. The molecule has 1 aliphatic rings. The Morgan fingerprint density at radius 3 is 2.63 bits per heavy atom. The highest BCUT2D eigenvalue weighted by Crippen LogP contribution is 2.32. The largest absolute Gasteiger partial charge is 0.496 e. The van der Waals surface area contributed by atoms with Crippen molar-refractivity contribution in [2.24, 2.45) is 0 Å². The molecule has 0 N–H and O–H groups in total. The van der Waals surface area contributed by atoms with Crippen molar-refractivity contribution in [1.29, 1.82) is 0 Å². The van der Waals surface area contributed by atoms with Crippen molar-refractivity contribution in [3.05, 3.63) is 48.0 Å². The van der Waals surface area contributed by atoms with Crippen molar-refractivity contribution in [1.82, 2.24) is 24.5 Å². The lowest BCUT2D eigenvalue weighted by Crippen LogP contribution is -2.39. The summed E-state index contributed by atoms with van der Waals surface area (Å²) in [6.45, 7) is 1.08. The van der Waals surface area contributed by atoms with Crippen LogP contribution in [0.1, 0.15) is 30.0 Å². The van der Waals surface area contributed by atoms with Crippen LogP contribution in [0.5, 0.6) is 5.75 Å². The van der Waals surface area contributed by atoms with Crippen molar-refractivity contribution in [3.8, 4) is 5.75 Å². The number of carbonyl (C=O) groups is 1. The summed E-state index contributed by atoms with van der Waals surface area (Å²) in [5.41, 5.74) is 1.45. The van der Waals surface area contributed by atoms with E-state index in [4.69, 9.17) is 4.74 Å². The molecule has 0 atom stereocenters. The van der Waals surface area contributed by atoms with Gasteiger partial charge in [0.05, 0.1) is 25.4 Å². The lowest BCUT2D eigenvalue weighted by Gasteiger charge is -2.33. The van der Waals surface area contributed by atoms with Crippen LogP contribution in [0.3, 0.4) is 0 Å². The fourth-order valence-corrected chi connectivity index (χ4v) is 4.84. The minimum absolute atomic E-state index is 0.0296. The van der Waals surface area contributed by atoms with Crippen LogP contribution in [-0.2, 0) is 21.1 Å². The molecule has 1 amide bonds. The lowest BCUT2D eigenvalue weighted by atomic mass is 9.92. The van der Waals surface area contributed by atoms with Crippen LogP contribution in [0.4, 0.5) is 0 Å². The van der Waals surface area contributed by atoms with E-state index in [0.717, 1.165) is 5.56 Å². The third kappa shape index (κ3) is 3.87. The van der Waals surface area contributed by atoms with Crippen molar-refractivity contribution < 1.29 is 17.9 Å². The number of rotatable bonds is 5. The topological polar surface area (TPSA) is 107 Å². The Morgan fingerprint density at radius 1 is 1.20 bits per heavy atom. The molecule has 4 rings (SSSR count). The molecule has 3 heterocycles. The minimum Gasteiger partial charge on any atom is -0.496 e. The number of para-hydroxylation sites is 1. The van der Waals surface area contributed by atoms with Crippen molar-refractivity contribution in [2.75, 3.05) is 26.5 Å². The van der Waals surface area contributed by atoms with Gasteiger partial charge in [-0.15, -0.1) is 0 Å². The van der Waals surface area contributed by atoms with Crippen molar-refractivity contribution in [3.63, 3.8) is 0 Å². The van der Waals surface area contributed by atoms with Crippen LogP contribution < -0.4 is 4.74 Å². The average molecular weight is 430 g/mol. The van der Waals surface area contributed by atoms with Crippen LogP contribution in [0.25, 0.3) is 5.78 Å². The van der Waals surface area contributed by atoms with E-state index in [1.54, 1.807) is 7.11 Å². The first-order valence-corrected chi connectivity index (χ1v) is 11.6. The Morgan fingerprint density at radius 2 is 1.93 bits per heavy atom. The lowest BCUT2D eigenvalue weighted by molar-refractivity contribution is -0.131. The van der Waals surface area contributed by atoms with Gasteiger partial charge in [0.1, 0.15) is 17.0 Å². The van der Waals surface area contributed by atoms with Gasteiger partial charge in [-0.05, 0) is 18.9 Å². The zero-order chi connectivity index (χ0) is 21.3. The van der Waals surface area contributed by atoms with Gasteiger partial charge in [0, 0.05) is 30.8 Å². The maximum absolute atomic E-state index is 12.8. The number of carbonyl (C=O) groups excluding carboxylic acids is 1. The van der Waals surface area contributed by atoms with Gasteiger partial charge in [-0.2, -0.15) is 14.6 Å². The van der Waals surface area contributed by atoms with Gasteiger partial charge in [0.25, 0.3) is 5.78 Å². The number of fused-ring (bicyclic) bond motifs is 1. The number of hydrogen-bond acceptors (Lipinski definition) is 7. The Labute approximate surface area is 174 Å². The molecule has 0 radical (unpaired) electrons. The second-order valence-electron chi connectivity index (χ2n) is 7.40. The Hall–Kier alpha value is -3.01. The SMILES string of the molecule is COc1ccccc1CC(=O)N1CCC(c2c(S(C)(=O)=O)cnc3ncnn23)CC1. The molecule has 3 aromatic rings. The number of methoxy groups -OCH3 is 1. The number of nitrogens with zero attached hydrogens (tertiary/aromatic N) is 5. The zero-order valence-electron chi connectivity index (χ0n) is 16.9. The second-order valence-corrected chi connectivity index (χ2v) is 9.38. The van der Waals surface area contributed by atoms with Gasteiger partial charge in [0.2, 0.25) is 5.91 Å². The normalized spacial score (nSPS) is 15.5. The predicted octanol–water partition coefficient (Wildman–Crippen LogP) is 1.49. The Bertz CT molecular complexity index is 1180. The molecule has 1 fully saturated rings. The molecule has 30 heavy (non-hydrogen) atoms. The van der Waals surface area contributed by atoms with Crippen LogP contribution in [0.2, 0.25) is 0 Å². The van der Waals surface area contributed by atoms with Crippen molar-refractivity contribution in [2.45, 2.75) is 30.1 Å². The van der Waals surface area contributed by atoms with E-state index in [1.165, 1.54) is 23.3 Å². The molecule has 1 aliphatic heterocycles. The summed E-state index contributed by atoms with van der Waals surface area (Å²) in [7, 11) is -1.88. The van der Waals surface area contributed by atoms with E-state index in [-0.39, 0.29) is 23.1 Å². The van der Waals surface area contributed by atoms with E-state index in [9.17, 15) is 13.2 Å². The molecular weight excluding hydrogens is 406 g/mol. The van der Waals surface area contributed by atoms with E-state index in [0.29, 0.717) is 43.2 Å². The number of piperidine rings is 1. The molecule has 1 aromatic carbocycles. The third-order valence-electron chi connectivity index (χ3n) is 5.48. The zero-order valence-corrected chi connectivity index (χ0v) is 17.7. The number of ether oxygens (including phenoxy) is 1. The molecule has 0 spiro atoms. The second kappa shape index (κ2) is 8.02. The van der Waals surface area contributed by atoms with Crippen LogP contribution >= 0.6 is 0 Å². The highest BCUT2D eigenvalue weighted by Gasteiger charge is 2.30.